The maximum absolute atomic E-state index is 8.73. The first-order valence-electron chi connectivity index (χ1n) is 8.58. The van der Waals surface area contributed by atoms with Crippen molar-refractivity contribution in [2.75, 3.05) is 26.4 Å². The largest absolute Gasteiger partial charge is 0.490 e. The molecule has 0 atom stereocenters. The van der Waals surface area contributed by atoms with Crippen molar-refractivity contribution in [3.8, 4) is 5.75 Å². The van der Waals surface area contributed by atoms with Crippen LogP contribution in [0.1, 0.15) is 51.4 Å². The molecule has 0 aliphatic rings. The lowest BCUT2D eigenvalue weighted by atomic mass is 10.2. The van der Waals surface area contributed by atoms with Gasteiger partial charge in [0.05, 0.1) is 6.61 Å². The van der Waals surface area contributed by atoms with Crippen molar-refractivity contribution in [3.63, 3.8) is 0 Å². The SMILES string of the molecule is NCCCCCCOc1cccn(OCCCCCCO)c1=S. The molecule has 0 aliphatic heterocycles. The van der Waals surface area contributed by atoms with E-state index in [1.165, 1.54) is 0 Å². The highest BCUT2D eigenvalue weighted by atomic mass is 32.1. The van der Waals surface area contributed by atoms with Crippen LogP contribution in [0.3, 0.4) is 0 Å². The number of rotatable bonds is 14. The minimum Gasteiger partial charge on any atom is -0.490 e. The lowest BCUT2D eigenvalue weighted by Gasteiger charge is -2.12. The van der Waals surface area contributed by atoms with Gasteiger partial charge in [-0.05, 0) is 50.8 Å². The van der Waals surface area contributed by atoms with Crippen molar-refractivity contribution in [2.45, 2.75) is 51.4 Å². The second-order valence-corrected chi connectivity index (χ2v) is 5.91. The fourth-order valence-electron chi connectivity index (χ4n) is 2.18. The van der Waals surface area contributed by atoms with Gasteiger partial charge >= 0.3 is 0 Å². The van der Waals surface area contributed by atoms with Crippen LogP contribution in [-0.4, -0.2) is 36.2 Å². The molecule has 0 bridgehead atoms. The van der Waals surface area contributed by atoms with Gasteiger partial charge < -0.3 is 20.4 Å². The first kappa shape index (κ1) is 19.9. The molecular formula is C17H30N2O3S. The molecule has 0 radical (unpaired) electrons. The molecule has 0 unspecified atom stereocenters. The van der Waals surface area contributed by atoms with Crippen molar-refractivity contribution in [2.24, 2.45) is 5.73 Å². The smallest absolute Gasteiger partial charge is 0.184 e. The lowest BCUT2D eigenvalue weighted by Crippen LogP contribution is -2.14. The Balaban J connectivity index is 2.29. The van der Waals surface area contributed by atoms with Crippen LogP contribution >= 0.6 is 12.2 Å². The molecule has 5 nitrogen and oxygen atoms in total. The summed E-state index contributed by atoms with van der Waals surface area (Å²) < 4.78 is 7.93. The molecular weight excluding hydrogens is 312 g/mol. The summed E-state index contributed by atoms with van der Waals surface area (Å²) in [7, 11) is 0. The Morgan fingerprint density at radius 2 is 1.70 bits per heavy atom. The van der Waals surface area contributed by atoms with Crippen molar-refractivity contribution < 1.29 is 14.7 Å². The fourth-order valence-corrected chi connectivity index (χ4v) is 2.42. The number of nitrogens with two attached hydrogens (primary N) is 1. The molecule has 23 heavy (non-hydrogen) atoms. The summed E-state index contributed by atoms with van der Waals surface area (Å²) >= 11 is 5.39. The quantitative estimate of drug-likeness (QED) is 0.402. The number of ether oxygens (including phenoxy) is 1. The molecule has 0 aromatic carbocycles. The summed E-state index contributed by atoms with van der Waals surface area (Å²) in [6.45, 7) is 2.30. The monoisotopic (exact) mass is 342 g/mol. The first-order valence-corrected chi connectivity index (χ1v) is 8.99. The summed E-state index contributed by atoms with van der Waals surface area (Å²) in [5.41, 5.74) is 5.47. The maximum atomic E-state index is 8.73. The average molecular weight is 343 g/mol. The number of hydrogen-bond acceptors (Lipinski definition) is 5. The number of hydrogen-bond donors (Lipinski definition) is 2. The van der Waals surface area contributed by atoms with Crippen molar-refractivity contribution in [1.29, 1.82) is 0 Å². The molecule has 1 aromatic rings. The second-order valence-electron chi connectivity index (χ2n) is 5.53. The van der Waals surface area contributed by atoms with Crippen molar-refractivity contribution in [3.05, 3.63) is 23.0 Å². The van der Waals surface area contributed by atoms with Gasteiger partial charge in [-0.25, -0.2) is 0 Å². The van der Waals surface area contributed by atoms with Crippen LogP contribution in [0.5, 0.6) is 5.75 Å². The number of aliphatic hydroxyl groups excluding tert-OH is 1. The van der Waals surface area contributed by atoms with Crippen molar-refractivity contribution in [1.82, 2.24) is 4.73 Å². The third-order valence-electron chi connectivity index (χ3n) is 3.52. The highest BCUT2D eigenvalue weighted by molar-refractivity contribution is 7.71. The first-order chi connectivity index (χ1) is 11.3. The Morgan fingerprint density at radius 1 is 1.00 bits per heavy atom. The molecule has 132 valence electrons. The summed E-state index contributed by atoms with van der Waals surface area (Å²) in [5, 5.41) is 8.73. The van der Waals surface area contributed by atoms with Crippen LogP contribution in [0.15, 0.2) is 18.3 Å². The van der Waals surface area contributed by atoms with Gasteiger partial charge in [0.25, 0.3) is 0 Å². The van der Waals surface area contributed by atoms with E-state index in [0.717, 1.165) is 57.9 Å². The standard InChI is InChI=1S/C17H30N2O3S/c18-11-5-1-3-7-14-21-16-10-9-12-19(17(16)23)22-15-8-4-2-6-13-20/h9-10,12,20H,1-8,11,13-15,18H2. The van der Waals surface area contributed by atoms with Gasteiger partial charge in [0, 0.05) is 12.8 Å². The number of aromatic nitrogens is 1. The number of nitrogens with zero attached hydrogens (tertiary/aromatic N) is 1. The van der Waals surface area contributed by atoms with E-state index >= 15 is 0 Å². The number of aliphatic hydroxyl groups is 1. The van der Waals surface area contributed by atoms with E-state index in [0.29, 0.717) is 23.6 Å². The predicted octanol–water partition coefficient (Wildman–Crippen LogP) is 3.10. The van der Waals surface area contributed by atoms with Gasteiger partial charge in [-0.1, -0.05) is 31.5 Å². The Morgan fingerprint density at radius 3 is 2.43 bits per heavy atom. The van der Waals surface area contributed by atoms with Gasteiger partial charge in [0.2, 0.25) is 0 Å². The zero-order chi connectivity index (χ0) is 16.8. The highest BCUT2D eigenvalue weighted by Crippen LogP contribution is 2.13. The van der Waals surface area contributed by atoms with Gasteiger partial charge in [0.15, 0.2) is 10.4 Å². The Labute approximate surface area is 144 Å². The normalized spacial score (nSPS) is 10.7. The third kappa shape index (κ3) is 8.93. The molecule has 0 aliphatic carbocycles. The topological polar surface area (TPSA) is 69.6 Å². The van der Waals surface area contributed by atoms with Gasteiger partial charge in [0.1, 0.15) is 6.61 Å². The van der Waals surface area contributed by atoms with Crippen LogP contribution in [0.25, 0.3) is 0 Å². The summed E-state index contributed by atoms with van der Waals surface area (Å²) in [6.07, 6.45) is 10.0. The van der Waals surface area contributed by atoms with E-state index in [1.807, 2.05) is 18.3 Å². The van der Waals surface area contributed by atoms with Crippen LogP contribution < -0.4 is 15.3 Å². The molecule has 1 heterocycles. The molecule has 0 spiro atoms. The Bertz CT molecular complexity index is 428. The minimum absolute atomic E-state index is 0.261. The molecule has 0 fully saturated rings. The Kier molecular flexibility index (Phi) is 11.6. The third-order valence-corrected chi connectivity index (χ3v) is 3.90. The van der Waals surface area contributed by atoms with Crippen LogP contribution in [0.4, 0.5) is 0 Å². The zero-order valence-electron chi connectivity index (χ0n) is 13.9. The summed E-state index contributed by atoms with van der Waals surface area (Å²) in [4.78, 5) is 5.67. The van der Waals surface area contributed by atoms with E-state index in [4.69, 9.17) is 32.6 Å². The fraction of sp³-hybridized carbons (Fsp3) is 0.706. The van der Waals surface area contributed by atoms with Crippen LogP contribution in [0.2, 0.25) is 0 Å². The average Bonchev–Trinajstić information content (AvgIpc) is 2.56. The molecule has 0 saturated heterocycles. The van der Waals surface area contributed by atoms with E-state index in [9.17, 15) is 0 Å². The van der Waals surface area contributed by atoms with Gasteiger partial charge in [-0.2, -0.15) is 4.73 Å². The molecule has 1 aromatic heterocycles. The Hall–Kier alpha value is -1.11. The second kappa shape index (κ2) is 13.3. The molecule has 1 rings (SSSR count). The molecule has 6 heteroatoms. The lowest BCUT2D eigenvalue weighted by molar-refractivity contribution is 0.0991. The number of pyridine rings is 1. The minimum atomic E-state index is 0.261. The summed E-state index contributed by atoms with van der Waals surface area (Å²) in [6, 6.07) is 3.76. The van der Waals surface area contributed by atoms with E-state index in [1.54, 1.807) is 4.73 Å². The maximum Gasteiger partial charge on any atom is 0.184 e. The highest BCUT2D eigenvalue weighted by Gasteiger charge is 2.02. The van der Waals surface area contributed by atoms with Crippen LogP contribution in [0, 0.1) is 4.64 Å². The zero-order valence-corrected chi connectivity index (χ0v) is 14.7. The van der Waals surface area contributed by atoms with Crippen LogP contribution in [-0.2, 0) is 0 Å². The summed E-state index contributed by atoms with van der Waals surface area (Å²) in [5.74, 6) is 0.696. The molecule has 3 N–H and O–H groups in total. The molecule has 0 amide bonds. The van der Waals surface area contributed by atoms with E-state index < -0.39 is 0 Å². The van der Waals surface area contributed by atoms with Crippen molar-refractivity contribution >= 4 is 12.2 Å². The van der Waals surface area contributed by atoms with E-state index in [2.05, 4.69) is 0 Å². The van der Waals surface area contributed by atoms with Gasteiger partial charge in [-0.15, -0.1) is 0 Å². The molecule has 0 saturated carbocycles. The predicted molar refractivity (Wildman–Crippen MR) is 95.3 cm³/mol. The van der Waals surface area contributed by atoms with Gasteiger partial charge in [-0.3, -0.25) is 0 Å². The number of unbranched alkanes of at least 4 members (excludes halogenated alkanes) is 6. The van der Waals surface area contributed by atoms with E-state index in [-0.39, 0.29) is 6.61 Å².